The van der Waals surface area contributed by atoms with Gasteiger partial charge in [-0.2, -0.15) is 0 Å². The van der Waals surface area contributed by atoms with Crippen LogP contribution in [0, 0.1) is 0 Å². The predicted octanol–water partition coefficient (Wildman–Crippen LogP) is 9.95. The second-order valence-electron chi connectivity index (χ2n) is 11.9. The summed E-state index contributed by atoms with van der Waals surface area (Å²) in [7, 11) is 0. The molecule has 0 aliphatic heterocycles. The molecule has 4 nitrogen and oxygen atoms in total. The van der Waals surface area contributed by atoms with Crippen LogP contribution in [0.3, 0.4) is 0 Å². The fourth-order valence-corrected chi connectivity index (χ4v) is 5.29. The zero-order chi connectivity index (χ0) is 28.7. The Morgan fingerprint density at radius 1 is 0.590 bits per heavy atom. The summed E-state index contributed by atoms with van der Waals surface area (Å²) in [6.07, 6.45) is 37.4. The minimum Gasteiger partial charge on any atom is -0.394 e. The number of allylic oxidation sites excluding steroid dienone is 1. The normalized spacial score (nSPS) is 13.2. The van der Waals surface area contributed by atoms with E-state index in [1.54, 1.807) is 6.08 Å². The van der Waals surface area contributed by atoms with Gasteiger partial charge in [-0.1, -0.05) is 174 Å². The van der Waals surface area contributed by atoms with Gasteiger partial charge in [-0.15, -0.1) is 0 Å². The number of aliphatic hydroxyl groups excluding tert-OH is 2. The first-order valence-electron chi connectivity index (χ1n) is 17.4. The van der Waals surface area contributed by atoms with E-state index in [-0.39, 0.29) is 12.5 Å². The molecule has 0 rings (SSSR count). The standard InChI is InChI=1S/C35H69NO3/c1-3-5-7-9-11-12-13-14-15-16-17-18-19-20-21-22-23-25-26-28-30-34(38)33(32-37)36-35(39)31-29-27-24-10-8-6-4-2/h28,30,33-34,37-38H,3-27,29,31-32H2,1-2H3,(H,36,39)/b30-28+. The lowest BCUT2D eigenvalue weighted by Crippen LogP contribution is -2.45. The molecule has 0 aromatic heterocycles. The number of hydrogen-bond donors (Lipinski definition) is 3. The maximum absolute atomic E-state index is 12.2. The van der Waals surface area contributed by atoms with Gasteiger partial charge in [0.05, 0.1) is 18.8 Å². The molecule has 3 N–H and O–H groups in total. The van der Waals surface area contributed by atoms with Crippen molar-refractivity contribution in [3.05, 3.63) is 12.2 Å². The average molecular weight is 552 g/mol. The molecule has 0 aliphatic rings. The highest BCUT2D eigenvalue weighted by Gasteiger charge is 2.17. The van der Waals surface area contributed by atoms with E-state index in [4.69, 9.17) is 0 Å². The molecule has 0 aliphatic carbocycles. The molecule has 0 aromatic rings. The summed E-state index contributed by atoms with van der Waals surface area (Å²) in [6, 6.07) is -0.612. The van der Waals surface area contributed by atoms with Crippen LogP contribution in [0.2, 0.25) is 0 Å². The lowest BCUT2D eigenvalue weighted by atomic mass is 10.0. The Morgan fingerprint density at radius 2 is 0.949 bits per heavy atom. The van der Waals surface area contributed by atoms with Crippen LogP contribution in [0.5, 0.6) is 0 Å². The molecule has 0 aromatic carbocycles. The van der Waals surface area contributed by atoms with Gasteiger partial charge in [-0.3, -0.25) is 4.79 Å². The number of nitrogens with one attached hydrogen (secondary N) is 1. The van der Waals surface area contributed by atoms with Gasteiger partial charge in [0.2, 0.25) is 5.91 Å². The van der Waals surface area contributed by atoms with Gasteiger partial charge in [-0.25, -0.2) is 0 Å². The van der Waals surface area contributed by atoms with E-state index in [0.29, 0.717) is 6.42 Å². The molecule has 2 atom stereocenters. The molecule has 0 saturated heterocycles. The van der Waals surface area contributed by atoms with E-state index < -0.39 is 12.1 Å². The van der Waals surface area contributed by atoms with Crippen molar-refractivity contribution in [2.45, 2.75) is 199 Å². The molecular formula is C35H69NO3. The van der Waals surface area contributed by atoms with Crippen molar-refractivity contribution in [3.8, 4) is 0 Å². The number of rotatable bonds is 31. The molecule has 4 heteroatoms. The Hall–Kier alpha value is -0.870. The third kappa shape index (κ3) is 28.5. The van der Waals surface area contributed by atoms with Gasteiger partial charge in [-0.05, 0) is 19.3 Å². The topological polar surface area (TPSA) is 69.6 Å². The monoisotopic (exact) mass is 552 g/mol. The third-order valence-corrected chi connectivity index (χ3v) is 8.02. The van der Waals surface area contributed by atoms with Gasteiger partial charge >= 0.3 is 0 Å². The first-order chi connectivity index (χ1) is 19.2. The van der Waals surface area contributed by atoms with Crippen LogP contribution < -0.4 is 5.32 Å². The smallest absolute Gasteiger partial charge is 0.220 e. The van der Waals surface area contributed by atoms with Crippen molar-refractivity contribution in [2.24, 2.45) is 0 Å². The fourth-order valence-electron chi connectivity index (χ4n) is 5.29. The Balaban J connectivity index is 3.53. The molecule has 0 fully saturated rings. The highest BCUT2D eigenvalue weighted by atomic mass is 16.3. The van der Waals surface area contributed by atoms with Crippen molar-refractivity contribution in [1.82, 2.24) is 5.32 Å². The van der Waals surface area contributed by atoms with Crippen molar-refractivity contribution in [1.29, 1.82) is 0 Å². The van der Waals surface area contributed by atoms with Crippen LogP contribution in [0.1, 0.15) is 187 Å². The molecule has 0 heterocycles. The van der Waals surface area contributed by atoms with Crippen LogP contribution in [-0.4, -0.2) is 34.9 Å². The third-order valence-electron chi connectivity index (χ3n) is 8.02. The molecule has 0 bridgehead atoms. The summed E-state index contributed by atoms with van der Waals surface area (Å²) in [5.41, 5.74) is 0. The molecule has 0 spiro atoms. The SMILES string of the molecule is CCCCCCCCCCCCCCCCCCCC/C=C/C(O)C(CO)NC(=O)CCCCCCCCC. The molecule has 232 valence electrons. The van der Waals surface area contributed by atoms with Gasteiger partial charge in [0.15, 0.2) is 0 Å². The summed E-state index contributed by atoms with van der Waals surface area (Å²) >= 11 is 0. The van der Waals surface area contributed by atoms with Crippen LogP contribution >= 0.6 is 0 Å². The lowest BCUT2D eigenvalue weighted by Gasteiger charge is -2.20. The second kappa shape index (κ2) is 31.7. The molecule has 2 unspecified atom stereocenters. The van der Waals surface area contributed by atoms with Crippen molar-refractivity contribution < 1.29 is 15.0 Å². The van der Waals surface area contributed by atoms with Gasteiger partial charge < -0.3 is 15.5 Å². The minimum atomic E-state index is -0.830. The van der Waals surface area contributed by atoms with Crippen molar-refractivity contribution in [3.63, 3.8) is 0 Å². The highest BCUT2D eigenvalue weighted by Crippen LogP contribution is 2.15. The Labute approximate surface area is 244 Å². The van der Waals surface area contributed by atoms with Crippen LogP contribution in [0.15, 0.2) is 12.2 Å². The number of carbonyl (C=O) groups excluding carboxylic acids is 1. The quantitative estimate of drug-likeness (QED) is 0.0593. The first kappa shape index (κ1) is 38.1. The highest BCUT2D eigenvalue weighted by molar-refractivity contribution is 5.76. The number of unbranched alkanes of at least 4 members (excludes halogenated alkanes) is 24. The number of carbonyl (C=O) groups is 1. The Bertz CT molecular complexity index is 522. The maximum Gasteiger partial charge on any atom is 0.220 e. The molecule has 39 heavy (non-hydrogen) atoms. The summed E-state index contributed by atoms with van der Waals surface area (Å²) < 4.78 is 0. The summed E-state index contributed by atoms with van der Waals surface area (Å²) in [4.78, 5) is 12.2. The maximum atomic E-state index is 12.2. The predicted molar refractivity (Wildman–Crippen MR) is 170 cm³/mol. The van der Waals surface area contributed by atoms with E-state index in [9.17, 15) is 15.0 Å². The second-order valence-corrected chi connectivity index (χ2v) is 11.9. The Morgan fingerprint density at radius 3 is 1.33 bits per heavy atom. The molecular weight excluding hydrogens is 482 g/mol. The van der Waals surface area contributed by atoms with E-state index >= 15 is 0 Å². The average Bonchev–Trinajstić information content (AvgIpc) is 2.94. The molecule has 0 saturated carbocycles. The summed E-state index contributed by atoms with van der Waals surface area (Å²) in [5.74, 6) is -0.0708. The number of hydrogen-bond acceptors (Lipinski definition) is 3. The fraction of sp³-hybridized carbons (Fsp3) is 0.914. The largest absolute Gasteiger partial charge is 0.394 e. The zero-order valence-corrected chi connectivity index (χ0v) is 26.4. The first-order valence-corrected chi connectivity index (χ1v) is 17.4. The molecule has 1 amide bonds. The van der Waals surface area contributed by atoms with Crippen LogP contribution in [0.25, 0.3) is 0 Å². The molecule has 0 radical (unpaired) electrons. The van der Waals surface area contributed by atoms with E-state index in [2.05, 4.69) is 19.2 Å². The van der Waals surface area contributed by atoms with Gasteiger partial charge in [0.1, 0.15) is 0 Å². The zero-order valence-electron chi connectivity index (χ0n) is 26.4. The van der Waals surface area contributed by atoms with E-state index in [0.717, 1.165) is 25.7 Å². The number of aliphatic hydroxyl groups is 2. The van der Waals surface area contributed by atoms with E-state index in [1.807, 2.05) is 6.08 Å². The Kier molecular flexibility index (Phi) is 30.9. The summed E-state index contributed by atoms with van der Waals surface area (Å²) in [6.45, 7) is 4.26. The lowest BCUT2D eigenvalue weighted by molar-refractivity contribution is -0.123. The van der Waals surface area contributed by atoms with Crippen molar-refractivity contribution in [2.75, 3.05) is 6.61 Å². The van der Waals surface area contributed by atoms with E-state index in [1.165, 1.54) is 141 Å². The van der Waals surface area contributed by atoms with Crippen LogP contribution in [-0.2, 0) is 4.79 Å². The summed E-state index contributed by atoms with van der Waals surface area (Å²) in [5, 5.41) is 22.7. The van der Waals surface area contributed by atoms with Gasteiger partial charge in [0, 0.05) is 6.42 Å². The van der Waals surface area contributed by atoms with Gasteiger partial charge in [0.25, 0.3) is 0 Å². The van der Waals surface area contributed by atoms with Crippen molar-refractivity contribution >= 4 is 5.91 Å². The number of amides is 1. The minimum absolute atomic E-state index is 0.0708. The van der Waals surface area contributed by atoms with Crippen LogP contribution in [0.4, 0.5) is 0 Å².